The molecule has 6 heteroatoms. The lowest BCUT2D eigenvalue weighted by Gasteiger charge is -2.26. The maximum atomic E-state index is 12.3. The van der Waals surface area contributed by atoms with Crippen molar-refractivity contribution in [1.29, 1.82) is 0 Å². The topological polar surface area (TPSA) is 69.0 Å². The number of hydrogen-bond donors (Lipinski definition) is 1. The Bertz CT molecular complexity index is 481. The van der Waals surface area contributed by atoms with Crippen molar-refractivity contribution in [2.75, 3.05) is 6.61 Å². The van der Waals surface area contributed by atoms with Gasteiger partial charge < -0.3 is 10.1 Å². The van der Waals surface area contributed by atoms with Crippen LogP contribution in [0.1, 0.15) is 52.8 Å². The number of carbonyl (C=O) groups is 1. The van der Waals surface area contributed by atoms with E-state index in [-0.39, 0.29) is 24.0 Å². The summed E-state index contributed by atoms with van der Waals surface area (Å²) in [4.78, 5) is 12.3. The number of nitrogens with zero attached hydrogens (tertiary/aromatic N) is 3. The van der Waals surface area contributed by atoms with Crippen LogP contribution in [0.2, 0.25) is 0 Å². The summed E-state index contributed by atoms with van der Waals surface area (Å²) in [5, 5.41) is 11.3. The van der Waals surface area contributed by atoms with E-state index in [4.69, 9.17) is 4.74 Å². The summed E-state index contributed by atoms with van der Waals surface area (Å²) in [5.74, 6) is 0.191. The Hall–Kier alpha value is -1.43. The van der Waals surface area contributed by atoms with Gasteiger partial charge in [0, 0.05) is 12.6 Å². The molecular formula is C14H24N4O2. The number of aromatic nitrogens is 3. The first-order valence-electron chi connectivity index (χ1n) is 7.17. The lowest BCUT2D eigenvalue weighted by Crippen LogP contribution is -2.47. The normalized spacial score (nSPS) is 23.3. The SMILES string of the molecule is CC(C)n1cc(C(C)(C)NC(=O)[C@@H]2OCC[C@@H]2C)nn1. The summed E-state index contributed by atoms with van der Waals surface area (Å²) in [6.07, 6.45) is 2.46. The Morgan fingerprint density at radius 2 is 2.25 bits per heavy atom. The van der Waals surface area contributed by atoms with Crippen molar-refractivity contribution in [1.82, 2.24) is 20.3 Å². The second kappa shape index (κ2) is 5.52. The molecule has 2 rings (SSSR count). The molecule has 1 amide bonds. The van der Waals surface area contributed by atoms with Gasteiger partial charge in [-0.25, -0.2) is 4.68 Å². The molecule has 0 spiro atoms. The summed E-state index contributed by atoms with van der Waals surface area (Å²) < 4.78 is 7.29. The average Bonchev–Trinajstić information content (AvgIpc) is 2.96. The van der Waals surface area contributed by atoms with Gasteiger partial charge in [0.05, 0.1) is 11.7 Å². The van der Waals surface area contributed by atoms with E-state index in [2.05, 4.69) is 15.6 Å². The number of hydrogen-bond acceptors (Lipinski definition) is 4. The van der Waals surface area contributed by atoms with Crippen LogP contribution in [0.5, 0.6) is 0 Å². The first kappa shape index (κ1) is 15.0. The van der Waals surface area contributed by atoms with Crippen LogP contribution >= 0.6 is 0 Å². The highest BCUT2D eigenvalue weighted by atomic mass is 16.5. The maximum absolute atomic E-state index is 12.3. The van der Waals surface area contributed by atoms with Crippen molar-refractivity contribution in [2.45, 2.75) is 58.7 Å². The monoisotopic (exact) mass is 280 g/mol. The molecule has 1 fully saturated rings. The fraction of sp³-hybridized carbons (Fsp3) is 0.786. The minimum Gasteiger partial charge on any atom is -0.368 e. The molecule has 1 aromatic rings. The summed E-state index contributed by atoms with van der Waals surface area (Å²) in [6.45, 7) is 10.6. The molecule has 2 atom stereocenters. The third-order valence-electron chi connectivity index (χ3n) is 3.76. The third-order valence-corrected chi connectivity index (χ3v) is 3.76. The number of nitrogens with one attached hydrogen (secondary N) is 1. The number of rotatable bonds is 4. The second-order valence-corrected chi connectivity index (χ2v) is 6.35. The van der Waals surface area contributed by atoms with Crippen molar-refractivity contribution in [2.24, 2.45) is 5.92 Å². The average molecular weight is 280 g/mol. The Morgan fingerprint density at radius 3 is 2.75 bits per heavy atom. The van der Waals surface area contributed by atoms with E-state index < -0.39 is 5.54 Å². The number of amides is 1. The molecule has 20 heavy (non-hydrogen) atoms. The molecule has 0 aromatic carbocycles. The van der Waals surface area contributed by atoms with Crippen molar-refractivity contribution >= 4 is 5.91 Å². The van der Waals surface area contributed by atoms with Gasteiger partial charge in [-0.05, 0) is 40.0 Å². The molecule has 0 bridgehead atoms. The highest BCUT2D eigenvalue weighted by molar-refractivity contribution is 5.82. The summed E-state index contributed by atoms with van der Waals surface area (Å²) in [5.41, 5.74) is 0.195. The molecular weight excluding hydrogens is 256 g/mol. The van der Waals surface area contributed by atoms with Gasteiger partial charge in [-0.2, -0.15) is 0 Å². The second-order valence-electron chi connectivity index (χ2n) is 6.35. The third kappa shape index (κ3) is 3.00. The van der Waals surface area contributed by atoms with Crippen LogP contribution in [-0.2, 0) is 15.1 Å². The minimum absolute atomic E-state index is 0.0703. The zero-order valence-electron chi connectivity index (χ0n) is 12.9. The van der Waals surface area contributed by atoms with Gasteiger partial charge >= 0.3 is 0 Å². The lowest BCUT2D eigenvalue weighted by atomic mass is 9.98. The molecule has 0 radical (unpaired) electrons. The lowest BCUT2D eigenvalue weighted by molar-refractivity contribution is -0.133. The summed E-state index contributed by atoms with van der Waals surface area (Å²) >= 11 is 0. The first-order valence-corrected chi connectivity index (χ1v) is 7.17. The molecule has 1 aliphatic rings. The molecule has 1 saturated heterocycles. The summed E-state index contributed by atoms with van der Waals surface area (Å²) in [7, 11) is 0. The molecule has 2 heterocycles. The number of ether oxygens (including phenoxy) is 1. The zero-order valence-corrected chi connectivity index (χ0v) is 12.9. The number of carbonyl (C=O) groups excluding carboxylic acids is 1. The highest BCUT2D eigenvalue weighted by Crippen LogP contribution is 2.23. The van der Waals surface area contributed by atoms with Crippen molar-refractivity contribution in [3.63, 3.8) is 0 Å². The predicted molar refractivity (Wildman–Crippen MR) is 75.1 cm³/mol. The van der Waals surface area contributed by atoms with Crippen molar-refractivity contribution < 1.29 is 9.53 Å². The molecule has 1 aromatic heterocycles. The van der Waals surface area contributed by atoms with Crippen molar-refractivity contribution in [3.8, 4) is 0 Å². The van der Waals surface area contributed by atoms with Crippen molar-refractivity contribution in [3.05, 3.63) is 11.9 Å². The smallest absolute Gasteiger partial charge is 0.250 e. The van der Waals surface area contributed by atoms with Crippen LogP contribution in [0, 0.1) is 5.92 Å². The van der Waals surface area contributed by atoms with Crippen LogP contribution in [0.25, 0.3) is 0 Å². The van der Waals surface area contributed by atoms with Gasteiger partial charge in [-0.1, -0.05) is 12.1 Å². The fourth-order valence-corrected chi connectivity index (χ4v) is 2.29. The van der Waals surface area contributed by atoms with Crippen LogP contribution < -0.4 is 5.32 Å². The zero-order chi connectivity index (χ0) is 14.9. The minimum atomic E-state index is -0.560. The molecule has 112 valence electrons. The van der Waals surface area contributed by atoms with E-state index >= 15 is 0 Å². The van der Waals surface area contributed by atoms with Gasteiger partial charge in [0.15, 0.2) is 0 Å². The van der Waals surface area contributed by atoms with E-state index in [0.717, 1.165) is 12.1 Å². The van der Waals surface area contributed by atoms with Crippen LogP contribution in [0.3, 0.4) is 0 Å². The largest absolute Gasteiger partial charge is 0.368 e. The Labute approximate surface area is 119 Å². The van der Waals surface area contributed by atoms with Gasteiger partial charge in [0.1, 0.15) is 11.8 Å². The predicted octanol–water partition coefficient (Wildman–Crippen LogP) is 1.64. The van der Waals surface area contributed by atoms with Gasteiger partial charge in [0.25, 0.3) is 0 Å². The molecule has 0 unspecified atom stereocenters. The van der Waals surface area contributed by atoms with E-state index in [1.54, 1.807) is 4.68 Å². The van der Waals surface area contributed by atoms with Crippen LogP contribution in [-0.4, -0.2) is 33.6 Å². The van der Waals surface area contributed by atoms with E-state index in [1.165, 1.54) is 0 Å². The quantitative estimate of drug-likeness (QED) is 0.910. The maximum Gasteiger partial charge on any atom is 0.250 e. The Kier molecular flexibility index (Phi) is 4.13. The van der Waals surface area contributed by atoms with Gasteiger partial charge in [-0.15, -0.1) is 5.10 Å². The molecule has 0 aliphatic carbocycles. The van der Waals surface area contributed by atoms with E-state index in [1.807, 2.05) is 40.8 Å². The van der Waals surface area contributed by atoms with E-state index in [9.17, 15) is 4.79 Å². The van der Waals surface area contributed by atoms with Crippen LogP contribution in [0.15, 0.2) is 6.20 Å². The highest BCUT2D eigenvalue weighted by Gasteiger charge is 2.35. The molecule has 6 nitrogen and oxygen atoms in total. The fourth-order valence-electron chi connectivity index (χ4n) is 2.29. The Balaban J connectivity index is 2.07. The van der Waals surface area contributed by atoms with Crippen LogP contribution in [0.4, 0.5) is 0 Å². The molecule has 1 aliphatic heterocycles. The molecule has 0 saturated carbocycles. The Morgan fingerprint density at radius 1 is 1.55 bits per heavy atom. The van der Waals surface area contributed by atoms with Gasteiger partial charge in [-0.3, -0.25) is 4.79 Å². The molecule has 1 N–H and O–H groups in total. The van der Waals surface area contributed by atoms with Gasteiger partial charge in [0.2, 0.25) is 5.91 Å². The first-order chi connectivity index (χ1) is 9.31. The summed E-state index contributed by atoms with van der Waals surface area (Å²) in [6, 6.07) is 0.251. The standard InChI is InChI=1S/C14H24N4O2/c1-9(2)18-8-11(16-17-18)14(4,5)15-13(19)12-10(3)6-7-20-12/h8-10,12H,6-7H2,1-5H3,(H,15,19)/t10-,12+/m0/s1. The van der Waals surface area contributed by atoms with E-state index in [0.29, 0.717) is 6.61 Å².